The molecule has 2 N–H and O–H groups in total. The van der Waals surface area contributed by atoms with Gasteiger partial charge in [0.15, 0.2) is 11.5 Å². The molecule has 1 saturated heterocycles. The monoisotopic (exact) mass is 450 g/mol. The molecule has 3 rings (SSSR count). The number of hydrogen-bond donors (Lipinski definition) is 2. The number of nitrogens with one attached hydrogen (secondary N) is 1. The summed E-state index contributed by atoms with van der Waals surface area (Å²) in [6.07, 6.45) is 8.64. The number of aromatic nitrogens is 1. The van der Waals surface area contributed by atoms with Crippen LogP contribution in [0.5, 0.6) is 11.5 Å². The van der Waals surface area contributed by atoms with Crippen LogP contribution in [0.4, 0.5) is 0 Å². The highest BCUT2D eigenvalue weighted by molar-refractivity contribution is 5.76. The number of carbonyl (C=O) groups excluding carboxylic acids is 1. The largest absolute Gasteiger partial charge is 0.503 e. The van der Waals surface area contributed by atoms with Gasteiger partial charge in [-0.2, -0.15) is 0 Å². The molecule has 8 nitrogen and oxygen atoms in total. The molecule has 4 atom stereocenters. The number of cyclic esters (lactones) is 1. The number of aromatic hydroxyl groups is 1. The van der Waals surface area contributed by atoms with Crippen molar-refractivity contribution < 1.29 is 28.8 Å². The summed E-state index contributed by atoms with van der Waals surface area (Å²) in [4.78, 5) is 17.2. The number of methoxy groups -OCH3 is 1. The average Bonchev–Trinajstić information content (AvgIpc) is 3.31. The number of rotatable bonds is 9. The minimum atomic E-state index is -0.498. The van der Waals surface area contributed by atoms with E-state index in [9.17, 15) is 9.90 Å². The molecule has 1 saturated carbocycles. The molecule has 4 unspecified atom stereocenters. The second kappa shape index (κ2) is 12.4. The first kappa shape index (κ1) is 24.7. The van der Waals surface area contributed by atoms with Gasteiger partial charge in [0.2, 0.25) is 0 Å². The van der Waals surface area contributed by atoms with Crippen molar-refractivity contribution in [3.8, 4) is 11.5 Å². The van der Waals surface area contributed by atoms with Crippen molar-refractivity contribution in [2.45, 2.75) is 102 Å². The Morgan fingerprint density at radius 1 is 1.22 bits per heavy atom. The number of carbonyl (C=O) groups is 1. The summed E-state index contributed by atoms with van der Waals surface area (Å²) in [6.45, 7) is 4.89. The first-order chi connectivity index (χ1) is 15.5. The summed E-state index contributed by atoms with van der Waals surface area (Å²) in [7, 11) is 1.49. The number of nitrogens with zero attached hydrogens (tertiary/aromatic N) is 1. The molecule has 0 amide bonds. The molecule has 180 valence electrons. The minimum Gasteiger partial charge on any atom is -0.503 e. The third-order valence-electron chi connectivity index (χ3n) is 6.28. The lowest BCUT2D eigenvalue weighted by Gasteiger charge is -2.33. The molecule has 0 aromatic carbocycles. The van der Waals surface area contributed by atoms with E-state index >= 15 is 0 Å². The number of pyridine rings is 1. The fraction of sp³-hybridized carbons (Fsp3) is 0.750. The SMILES string of the molecule is CCCOC1CCCC(NCc2nccc(OC)c2O)C(=O)OC(C)C1OC1CCCC1. The molecule has 0 spiro atoms. The molecule has 0 radical (unpaired) electrons. The highest BCUT2D eigenvalue weighted by Crippen LogP contribution is 2.29. The highest BCUT2D eigenvalue weighted by atomic mass is 16.6. The van der Waals surface area contributed by atoms with Gasteiger partial charge in [0.05, 0.1) is 25.0 Å². The summed E-state index contributed by atoms with van der Waals surface area (Å²) >= 11 is 0. The predicted octanol–water partition coefficient (Wildman–Crippen LogP) is 3.49. The second-order valence-corrected chi connectivity index (χ2v) is 8.73. The van der Waals surface area contributed by atoms with Gasteiger partial charge >= 0.3 is 5.97 Å². The van der Waals surface area contributed by atoms with Crippen LogP contribution in [-0.4, -0.2) is 60.2 Å². The van der Waals surface area contributed by atoms with E-state index in [1.54, 1.807) is 12.3 Å². The van der Waals surface area contributed by atoms with E-state index in [2.05, 4.69) is 17.2 Å². The Balaban J connectivity index is 1.67. The highest BCUT2D eigenvalue weighted by Gasteiger charge is 2.37. The maximum atomic E-state index is 13.0. The van der Waals surface area contributed by atoms with E-state index < -0.39 is 12.1 Å². The summed E-state index contributed by atoms with van der Waals surface area (Å²) in [5, 5.41) is 13.5. The third kappa shape index (κ3) is 6.56. The standard InChI is InChI=1S/C24H38N2O6/c1-4-14-30-21-11-7-10-18(26-15-19-22(27)20(29-3)12-13-25-19)24(28)31-16(2)23(21)32-17-8-5-6-9-17/h12-13,16-18,21,23,26-27H,4-11,14-15H2,1-3H3. The van der Waals surface area contributed by atoms with Gasteiger partial charge in [-0.3, -0.25) is 15.1 Å². The summed E-state index contributed by atoms with van der Waals surface area (Å²) in [5.74, 6) is 0.0201. The molecule has 2 heterocycles. The molecule has 2 fully saturated rings. The van der Waals surface area contributed by atoms with Crippen molar-refractivity contribution in [2.24, 2.45) is 0 Å². The van der Waals surface area contributed by atoms with Crippen molar-refractivity contribution in [3.05, 3.63) is 18.0 Å². The molecular formula is C24H38N2O6. The van der Waals surface area contributed by atoms with Crippen molar-refractivity contribution in [2.75, 3.05) is 13.7 Å². The van der Waals surface area contributed by atoms with Gasteiger partial charge in [0.1, 0.15) is 18.2 Å². The Hall–Kier alpha value is -1.90. The quantitative estimate of drug-likeness (QED) is 0.552. The van der Waals surface area contributed by atoms with Gasteiger partial charge in [-0.05, 0) is 45.4 Å². The molecular weight excluding hydrogens is 412 g/mol. The van der Waals surface area contributed by atoms with E-state index in [-0.39, 0.29) is 36.6 Å². The van der Waals surface area contributed by atoms with Gasteiger partial charge in [-0.15, -0.1) is 0 Å². The average molecular weight is 451 g/mol. The van der Waals surface area contributed by atoms with E-state index in [0.29, 0.717) is 24.5 Å². The first-order valence-electron chi connectivity index (χ1n) is 11.9. The predicted molar refractivity (Wildman–Crippen MR) is 120 cm³/mol. The third-order valence-corrected chi connectivity index (χ3v) is 6.28. The summed E-state index contributed by atoms with van der Waals surface area (Å²) < 4.78 is 23.6. The van der Waals surface area contributed by atoms with Crippen molar-refractivity contribution in [1.29, 1.82) is 0 Å². The Kier molecular flexibility index (Phi) is 9.56. The lowest BCUT2D eigenvalue weighted by atomic mass is 10.0. The van der Waals surface area contributed by atoms with Gasteiger partial charge in [-0.1, -0.05) is 19.8 Å². The lowest BCUT2D eigenvalue weighted by molar-refractivity contribution is -0.175. The summed E-state index contributed by atoms with van der Waals surface area (Å²) in [6, 6.07) is 1.09. The van der Waals surface area contributed by atoms with Gasteiger partial charge in [0, 0.05) is 25.4 Å². The number of esters is 1. The number of ether oxygens (including phenoxy) is 4. The molecule has 1 aliphatic carbocycles. The van der Waals surface area contributed by atoms with Gasteiger partial charge in [0.25, 0.3) is 0 Å². The van der Waals surface area contributed by atoms with Crippen LogP contribution < -0.4 is 10.1 Å². The van der Waals surface area contributed by atoms with Crippen LogP contribution in [0.25, 0.3) is 0 Å². The van der Waals surface area contributed by atoms with Crippen LogP contribution >= 0.6 is 0 Å². The topological polar surface area (TPSA) is 99.1 Å². The van der Waals surface area contributed by atoms with Gasteiger partial charge < -0.3 is 24.1 Å². The maximum Gasteiger partial charge on any atom is 0.323 e. The normalized spacial score (nSPS) is 27.4. The van der Waals surface area contributed by atoms with Crippen LogP contribution in [0.3, 0.4) is 0 Å². The zero-order valence-electron chi connectivity index (χ0n) is 19.5. The summed E-state index contributed by atoms with van der Waals surface area (Å²) in [5.41, 5.74) is 0.427. The molecule has 0 bridgehead atoms. The van der Waals surface area contributed by atoms with Crippen LogP contribution in [0, 0.1) is 0 Å². The van der Waals surface area contributed by atoms with Crippen molar-refractivity contribution >= 4 is 5.97 Å². The zero-order chi connectivity index (χ0) is 22.9. The molecule has 1 aromatic heterocycles. The Bertz CT molecular complexity index is 724. The fourth-order valence-corrected chi connectivity index (χ4v) is 4.51. The smallest absolute Gasteiger partial charge is 0.323 e. The Morgan fingerprint density at radius 3 is 2.72 bits per heavy atom. The Morgan fingerprint density at radius 2 is 2.00 bits per heavy atom. The molecule has 1 aliphatic heterocycles. The van der Waals surface area contributed by atoms with Crippen LogP contribution in [0.1, 0.15) is 70.9 Å². The van der Waals surface area contributed by atoms with Gasteiger partial charge in [-0.25, -0.2) is 0 Å². The van der Waals surface area contributed by atoms with Crippen molar-refractivity contribution in [3.63, 3.8) is 0 Å². The molecule has 32 heavy (non-hydrogen) atoms. The molecule has 2 aliphatic rings. The number of hydrogen-bond acceptors (Lipinski definition) is 8. The molecule has 8 heteroatoms. The maximum absolute atomic E-state index is 13.0. The van der Waals surface area contributed by atoms with E-state index in [0.717, 1.165) is 32.1 Å². The van der Waals surface area contributed by atoms with E-state index in [4.69, 9.17) is 18.9 Å². The van der Waals surface area contributed by atoms with Crippen LogP contribution in [0.15, 0.2) is 12.3 Å². The van der Waals surface area contributed by atoms with E-state index in [1.165, 1.54) is 20.0 Å². The van der Waals surface area contributed by atoms with E-state index in [1.807, 2.05) is 6.92 Å². The van der Waals surface area contributed by atoms with Crippen molar-refractivity contribution in [1.82, 2.24) is 10.3 Å². The van der Waals surface area contributed by atoms with Crippen LogP contribution in [0.2, 0.25) is 0 Å². The molecule has 1 aromatic rings. The fourth-order valence-electron chi connectivity index (χ4n) is 4.51. The minimum absolute atomic E-state index is 0.0228. The zero-order valence-corrected chi connectivity index (χ0v) is 19.5. The van der Waals surface area contributed by atoms with Crippen LogP contribution in [-0.2, 0) is 25.5 Å². The first-order valence-corrected chi connectivity index (χ1v) is 11.9. The Labute approximate surface area is 191 Å². The lowest BCUT2D eigenvalue weighted by Crippen LogP contribution is -2.45. The second-order valence-electron chi connectivity index (χ2n) is 8.73.